The van der Waals surface area contributed by atoms with Crippen LogP contribution in [-0.2, 0) is 24.3 Å². The Labute approximate surface area is 206 Å². The van der Waals surface area contributed by atoms with E-state index in [-0.39, 0.29) is 29.9 Å². The van der Waals surface area contributed by atoms with Gasteiger partial charge in [-0.2, -0.15) is 9.98 Å². The van der Waals surface area contributed by atoms with E-state index >= 15 is 0 Å². The van der Waals surface area contributed by atoms with Gasteiger partial charge in [-0.3, -0.25) is 9.59 Å². The fourth-order valence-electron chi connectivity index (χ4n) is 3.96. The summed E-state index contributed by atoms with van der Waals surface area (Å²) in [5.74, 6) is -0.801. The Balaban J connectivity index is 1.51. The minimum absolute atomic E-state index is 0.0228. The van der Waals surface area contributed by atoms with Gasteiger partial charge in [-0.05, 0) is 62.1 Å². The molecule has 1 atom stereocenters. The molecule has 0 bridgehead atoms. The Morgan fingerprint density at radius 1 is 1.11 bits per heavy atom. The van der Waals surface area contributed by atoms with Gasteiger partial charge in [0.2, 0.25) is 15.9 Å². The van der Waals surface area contributed by atoms with Crippen LogP contribution in [0, 0.1) is 17.2 Å². The van der Waals surface area contributed by atoms with Crippen LogP contribution in [0.2, 0.25) is 0 Å². The Morgan fingerprint density at radius 3 is 2.37 bits per heavy atom. The number of anilines is 1. The average Bonchev–Trinajstić information content (AvgIpc) is 2.87. The predicted octanol–water partition coefficient (Wildman–Crippen LogP) is 2.19. The number of nitrogens with one attached hydrogen (secondary N) is 2. The monoisotopic (exact) mass is 498 g/mol. The zero-order chi connectivity index (χ0) is 25.3. The third-order valence-corrected chi connectivity index (χ3v) is 7.36. The molecule has 0 radical (unpaired) electrons. The van der Waals surface area contributed by atoms with E-state index < -0.39 is 22.0 Å². The molecule has 1 aliphatic rings. The lowest BCUT2D eigenvalue weighted by Gasteiger charge is -2.33. The van der Waals surface area contributed by atoms with E-state index in [0.717, 1.165) is 31.6 Å². The molecule has 2 N–H and O–H groups in total. The molecular weight excluding hydrogens is 468 g/mol. The maximum atomic E-state index is 12.6. The Hall–Kier alpha value is -3.42. The molecule has 0 aliphatic carbocycles. The predicted molar refractivity (Wildman–Crippen MR) is 131 cm³/mol. The van der Waals surface area contributed by atoms with Crippen molar-refractivity contribution in [2.75, 3.05) is 31.1 Å². The van der Waals surface area contributed by atoms with Crippen LogP contribution in [0.15, 0.2) is 59.5 Å². The van der Waals surface area contributed by atoms with E-state index in [1.165, 1.54) is 12.1 Å². The lowest BCUT2D eigenvalue weighted by molar-refractivity contribution is -0.145. The summed E-state index contributed by atoms with van der Waals surface area (Å²) in [6, 6.07) is 16.0. The molecule has 2 aromatic rings. The molecule has 1 saturated heterocycles. The molecular formula is C25H30N4O5S. The summed E-state index contributed by atoms with van der Waals surface area (Å²) in [7, 11) is -3.96. The number of esters is 1. The number of nitrogens with zero attached hydrogens (tertiary/aromatic N) is 2. The van der Waals surface area contributed by atoms with Gasteiger partial charge in [0.15, 0.2) is 0 Å². The quantitative estimate of drug-likeness (QED) is 0.481. The highest BCUT2D eigenvalue weighted by Crippen LogP contribution is 2.25. The second-order valence-electron chi connectivity index (χ2n) is 8.34. The van der Waals surface area contributed by atoms with Crippen molar-refractivity contribution in [2.24, 2.45) is 5.92 Å². The molecule has 10 heteroatoms. The first-order valence-electron chi connectivity index (χ1n) is 11.6. The first-order chi connectivity index (χ1) is 16.8. The van der Waals surface area contributed by atoms with Gasteiger partial charge in [-0.1, -0.05) is 18.2 Å². The molecule has 0 spiro atoms. The average molecular weight is 499 g/mol. The van der Waals surface area contributed by atoms with E-state index in [2.05, 4.69) is 21.0 Å². The summed E-state index contributed by atoms with van der Waals surface area (Å²) in [5.41, 5.74) is 1.67. The highest BCUT2D eigenvalue weighted by molar-refractivity contribution is 7.89. The number of nitriles is 1. The highest BCUT2D eigenvalue weighted by Gasteiger charge is 2.28. The molecule has 1 amide bonds. The van der Waals surface area contributed by atoms with Crippen LogP contribution < -0.4 is 14.9 Å². The van der Waals surface area contributed by atoms with Gasteiger partial charge in [0, 0.05) is 31.7 Å². The number of piperidine rings is 1. The number of sulfonamides is 1. The fraction of sp³-hybridized carbons (Fsp3) is 0.400. The van der Waals surface area contributed by atoms with E-state index in [4.69, 9.17) is 10.00 Å². The van der Waals surface area contributed by atoms with Crippen molar-refractivity contribution in [1.82, 2.24) is 10.0 Å². The molecule has 35 heavy (non-hydrogen) atoms. The molecule has 9 nitrogen and oxygen atoms in total. The number of hydrogen-bond donors (Lipinski definition) is 2. The van der Waals surface area contributed by atoms with E-state index in [0.29, 0.717) is 12.0 Å². The summed E-state index contributed by atoms with van der Waals surface area (Å²) < 4.78 is 32.6. The second kappa shape index (κ2) is 12.3. The van der Waals surface area contributed by atoms with E-state index in [9.17, 15) is 18.0 Å². The molecule has 0 saturated carbocycles. The fourth-order valence-corrected chi connectivity index (χ4v) is 5.17. The summed E-state index contributed by atoms with van der Waals surface area (Å²) in [6.07, 6.45) is 1.95. The number of amides is 1. The van der Waals surface area contributed by atoms with Gasteiger partial charge < -0.3 is 15.0 Å². The topological polar surface area (TPSA) is 129 Å². The zero-order valence-electron chi connectivity index (χ0n) is 19.6. The van der Waals surface area contributed by atoms with Crippen LogP contribution in [-0.4, -0.2) is 52.6 Å². The summed E-state index contributed by atoms with van der Waals surface area (Å²) in [6.45, 7) is 3.11. The van der Waals surface area contributed by atoms with Gasteiger partial charge in [0.1, 0.15) is 6.04 Å². The number of benzene rings is 2. The summed E-state index contributed by atoms with van der Waals surface area (Å²) >= 11 is 0. The van der Waals surface area contributed by atoms with Crippen LogP contribution in [0.5, 0.6) is 0 Å². The van der Waals surface area contributed by atoms with E-state index in [1.807, 2.05) is 12.1 Å². The van der Waals surface area contributed by atoms with E-state index in [1.54, 1.807) is 37.3 Å². The SMILES string of the molecule is CCOC(=O)C(CNC(=O)CC1CCN(c2ccc(C#N)cc2)CC1)NS(=O)(=O)c1ccccc1. The van der Waals surface area contributed by atoms with Crippen molar-refractivity contribution >= 4 is 27.6 Å². The first kappa shape index (κ1) is 26.2. The number of carbonyl (C=O) groups is 2. The van der Waals surface area contributed by atoms with Crippen molar-refractivity contribution < 1.29 is 22.7 Å². The molecule has 0 aromatic heterocycles. The zero-order valence-corrected chi connectivity index (χ0v) is 20.5. The number of carbonyl (C=O) groups excluding carboxylic acids is 2. The van der Waals surface area contributed by atoms with Crippen LogP contribution in [0.25, 0.3) is 0 Å². The van der Waals surface area contributed by atoms with Gasteiger partial charge in [0.05, 0.1) is 23.1 Å². The molecule has 2 aromatic carbocycles. The third kappa shape index (κ3) is 7.53. The van der Waals surface area contributed by atoms with Crippen molar-refractivity contribution in [3.05, 3.63) is 60.2 Å². The van der Waals surface area contributed by atoms with Gasteiger partial charge in [0.25, 0.3) is 0 Å². The molecule has 1 heterocycles. The van der Waals surface area contributed by atoms with Crippen LogP contribution in [0.1, 0.15) is 31.7 Å². The molecule has 186 valence electrons. The molecule has 3 rings (SSSR count). The van der Waals surface area contributed by atoms with Gasteiger partial charge in [-0.15, -0.1) is 0 Å². The maximum Gasteiger partial charge on any atom is 0.326 e. The number of ether oxygens (including phenoxy) is 1. The largest absolute Gasteiger partial charge is 0.465 e. The molecule has 1 unspecified atom stereocenters. The van der Waals surface area contributed by atoms with Crippen LogP contribution in [0.3, 0.4) is 0 Å². The highest BCUT2D eigenvalue weighted by atomic mass is 32.2. The van der Waals surface area contributed by atoms with Crippen LogP contribution in [0.4, 0.5) is 5.69 Å². The third-order valence-electron chi connectivity index (χ3n) is 5.88. The van der Waals surface area contributed by atoms with Crippen molar-refractivity contribution in [2.45, 2.75) is 37.1 Å². The minimum Gasteiger partial charge on any atom is -0.465 e. The lowest BCUT2D eigenvalue weighted by atomic mass is 9.93. The number of rotatable bonds is 10. The Morgan fingerprint density at radius 2 is 1.77 bits per heavy atom. The van der Waals surface area contributed by atoms with Crippen molar-refractivity contribution in [3.8, 4) is 6.07 Å². The Kier molecular flexibility index (Phi) is 9.23. The molecule has 1 aliphatic heterocycles. The summed E-state index contributed by atoms with van der Waals surface area (Å²) in [5, 5.41) is 11.6. The van der Waals surface area contributed by atoms with Crippen LogP contribution >= 0.6 is 0 Å². The van der Waals surface area contributed by atoms with Crippen molar-refractivity contribution in [3.63, 3.8) is 0 Å². The second-order valence-corrected chi connectivity index (χ2v) is 10.1. The Bertz CT molecular complexity index is 1140. The smallest absolute Gasteiger partial charge is 0.326 e. The maximum absolute atomic E-state index is 12.6. The van der Waals surface area contributed by atoms with Gasteiger partial charge >= 0.3 is 5.97 Å². The summed E-state index contributed by atoms with van der Waals surface area (Å²) in [4.78, 5) is 27.2. The lowest BCUT2D eigenvalue weighted by Crippen LogP contribution is -2.49. The number of hydrogen-bond acceptors (Lipinski definition) is 7. The van der Waals surface area contributed by atoms with Gasteiger partial charge in [-0.25, -0.2) is 8.42 Å². The minimum atomic E-state index is -3.96. The first-order valence-corrected chi connectivity index (χ1v) is 13.1. The standard InChI is InChI=1S/C25H30N4O5S/c1-2-34-25(31)23(28-35(32,33)22-6-4-3-5-7-22)18-27-24(30)16-19-12-14-29(15-13-19)21-10-8-20(17-26)9-11-21/h3-11,19,23,28H,2,12-16,18H2,1H3,(H,27,30). The molecule has 1 fully saturated rings. The normalized spacial score (nSPS) is 15.1. The van der Waals surface area contributed by atoms with Crippen molar-refractivity contribution in [1.29, 1.82) is 5.26 Å².